The Morgan fingerprint density at radius 3 is 2.37 bits per heavy atom. The van der Waals surface area contributed by atoms with Crippen molar-refractivity contribution in [2.75, 3.05) is 14.2 Å². The van der Waals surface area contributed by atoms with Crippen LogP contribution < -0.4 is 10.1 Å². The molecule has 0 spiro atoms. The van der Waals surface area contributed by atoms with Crippen LogP contribution in [0.1, 0.15) is 22.3 Å². The first-order chi connectivity index (χ1) is 18.4. The molecular weight excluding hydrogens is 508 g/mol. The molecule has 38 heavy (non-hydrogen) atoms. The Morgan fingerprint density at radius 2 is 1.68 bits per heavy atom. The van der Waals surface area contributed by atoms with Gasteiger partial charge in [0.2, 0.25) is 5.91 Å². The molecule has 0 aliphatic carbocycles. The smallest absolute Gasteiger partial charge is 0.411 e. The Bertz CT molecular complexity index is 1300. The van der Waals surface area contributed by atoms with Crippen LogP contribution in [0.4, 0.5) is 4.79 Å². The largest absolute Gasteiger partial charge is 0.495 e. The maximum absolute atomic E-state index is 13.6. The first kappa shape index (κ1) is 27.0. The number of esters is 1. The van der Waals surface area contributed by atoms with Gasteiger partial charge in [-0.15, -0.1) is 0 Å². The van der Waals surface area contributed by atoms with Gasteiger partial charge in [0.15, 0.2) is 0 Å². The van der Waals surface area contributed by atoms with Crippen LogP contribution in [0.3, 0.4) is 0 Å². The molecule has 2 atom stereocenters. The van der Waals surface area contributed by atoms with Crippen LogP contribution in [-0.2, 0) is 45.1 Å². The van der Waals surface area contributed by atoms with Crippen LogP contribution >= 0.6 is 11.6 Å². The minimum absolute atomic E-state index is 0.0785. The number of benzene rings is 3. The SMILES string of the molecule is COC(=O)[C@H](Cc1ccc(OC)c(Cl)c1)NC(=O)[C@@H]1Cc2ccccc2CN1C(=O)OCc1ccccc1. The van der Waals surface area contributed by atoms with Gasteiger partial charge in [-0.3, -0.25) is 9.69 Å². The molecule has 9 heteroatoms. The zero-order valence-electron chi connectivity index (χ0n) is 21.2. The minimum Gasteiger partial charge on any atom is -0.495 e. The quantitative estimate of drug-likeness (QED) is 0.431. The minimum atomic E-state index is -0.990. The third kappa shape index (κ3) is 6.44. The second-order valence-electron chi connectivity index (χ2n) is 8.91. The molecule has 3 aromatic carbocycles. The van der Waals surface area contributed by atoms with Crippen molar-refractivity contribution in [3.8, 4) is 5.75 Å². The number of methoxy groups -OCH3 is 2. The number of carbonyl (C=O) groups is 3. The van der Waals surface area contributed by atoms with Gasteiger partial charge in [-0.25, -0.2) is 9.59 Å². The third-order valence-electron chi connectivity index (χ3n) is 6.45. The Morgan fingerprint density at radius 1 is 0.974 bits per heavy atom. The molecule has 0 radical (unpaired) electrons. The van der Waals surface area contributed by atoms with Crippen molar-refractivity contribution in [1.82, 2.24) is 10.2 Å². The molecule has 0 bridgehead atoms. The standard InChI is InChI=1S/C29H29ClN2O6/c1-36-26-13-12-20(14-23(26)30)15-24(28(34)37-2)31-27(33)25-16-21-10-6-7-11-22(21)17-32(25)29(35)38-18-19-8-4-3-5-9-19/h3-14,24-25H,15-18H2,1-2H3,(H,31,33)/t24-,25-/m0/s1. The highest BCUT2D eigenvalue weighted by atomic mass is 35.5. The zero-order valence-corrected chi connectivity index (χ0v) is 21.9. The number of amides is 2. The van der Waals surface area contributed by atoms with E-state index >= 15 is 0 Å². The van der Waals surface area contributed by atoms with E-state index in [0.29, 0.717) is 16.3 Å². The number of halogens is 1. The summed E-state index contributed by atoms with van der Waals surface area (Å²) < 4.78 is 15.7. The lowest BCUT2D eigenvalue weighted by molar-refractivity contribution is -0.145. The lowest BCUT2D eigenvalue weighted by Crippen LogP contribution is -2.56. The predicted octanol–water partition coefficient (Wildman–Crippen LogP) is 4.31. The highest BCUT2D eigenvalue weighted by Crippen LogP contribution is 2.27. The molecule has 1 heterocycles. The number of hydrogen-bond acceptors (Lipinski definition) is 6. The number of nitrogens with zero attached hydrogens (tertiary/aromatic N) is 1. The summed E-state index contributed by atoms with van der Waals surface area (Å²) >= 11 is 6.24. The fourth-order valence-electron chi connectivity index (χ4n) is 4.43. The van der Waals surface area contributed by atoms with Crippen LogP contribution in [0.5, 0.6) is 5.75 Å². The van der Waals surface area contributed by atoms with Crippen molar-refractivity contribution < 1.29 is 28.6 Å². The molecule has 1 N–H and O–H groups in total. The van der Waals surface area contributed by atoms with Crippen molar-refractivity contribution >= 4 is 29.6 Å². The molecule has 0 fully saturated rings. The second kappa shape index (κ2) is 12.5. The van der Waals surface area contributed by atoms with E-state index in [1.165, 1.54) is 19.1 Å². The predicted molar refractivity (Wildman–Crippen MR) is 142 cm³/mol. The molecule has 0 saturated heterocycles. The number of rotatable bonds is 8. The summed E-state index contributed by atoms with van der Waals surface area (Å²) in [6, 6.07) is 20.2. The molecular formula is C29H29ClN2O6. The number of fused-ring (bicyclic) bond motifs is 1. The number of carbonyl (C=O) groups excluding carboxylic acids is 3. The van der Waals surface area contributed by atoms with E-state index in [1.54, 1.807) is 18.2 Å². The second-order valence-corrected chi connectivity index (χ2v) is 9.32. The Hall–Kier alpha value is -4.04. The maximum Gasteiger partial charge on any atom is 0.411 e. The Kier molecular flexibility index (Phi) is 8.86. The van der Waals surface area contributed by atoms with Crippen molar-refractivity contribution in [3.63, 3.8) is 0 Å². The van der Waals surface area contributed by atoms with E-state index < -0.39 is 30.1 Å². The van der Waals surface area contributed by atoms with E-state index in [0.717, 1.165) is 16.7 Å². The lowest BCUT2D eigenvalue weighted by Gasteiger charge is -2.35. The summed E-state index contributed by atoms with van der Waals surface area (Å²) in [6.07, 6.45) is -0.186. The van der Waals surface area contributed by atoms with Crippen molar-refractivity contribution in [2.24, 2.45) is 0 Å². The van der Waals surface area contributed by atoms with Gasteiger partial charge in [0, 0.05) is 12.8 Å². The Labute approximate surface area is 226 Å². The lowest BCUT2D eigenvalue weighted by atomic mass is 9.93. The summed E-state index contributed by atoms with van der Waals surface area (Å²) in [5.74, 6) is -0.592. The maximum atomic E-state index is 13.6. The molecule has 0 saturated carbocycles. The summed E-state index contributed by atoms with van der Waals surface area (Å²) in [5, 5.41) is 3.17. The van der Waals surface area contributed by atoms with Gasteiger partial charge in [0.25, 0.3) is 0 Å². The molecule has 0 unspecified atom stereocenters. The van der Waals surface area contributed by atoms with Gasteiger partial charge in [-0.05, 0) is 34.4 Å². The monoisotopic (exact) mass is 536 g/mol. The summed E-state index contributed by atoms with van der Waals surface area (Å²) in [4.78, 5) is 40.8. The van der Waals surface area contributed by atoms with Gasteiger partial charge in [0.1, 0.15) is 24.4 Å². The molecule has 1 aliphatic heterocycles. The highest BCUT2D eigenvalue weighted by molar-refractivity contribution is 6.32. The van der Waals surface area contributed by atoms with Crippen LogP contribution in [0.2, 0.25) is 5.02 Å². The average Bonchev–Trinajstić information content (AvgIpc) is 2.95. The number of ether oxygens (including phenoxy) is 3. The normalized spacial score (nSPS) is 15.1. The first-order valence-corrected chi connectivity index (χ1v) is 12.5. The summed E-state index contributed by atoms with van der Waals surface area (Å²) in [6.45, 7) is 0.286. The fraction of sp³-hybridized carbons (Fsp3) is 0.276. The topological polar surface area (TPSA) is 94.2 Å². The molecule has 8 nitrogen and oxygen atoms in total. The molecule has 2 amide bonds. The molecule has 3 aromatic rings. The Balaban J connectivity index is 1.53. The molecule has 198 valence electrons. The van der Waals surface area contributed by atoms with Crippen LogP contribution in [-0.4, -0.2) is 49.2 Å². The van der Waals surface area contributed by atoms with Crippen LogP contribution in [0, 0.1) is 0 Å². The first-order valence-electron chi connectivity index (χ1n) is 12.1. The van der Waals surface area contributed by atoms with E-state index in [1.807, 2.05) is 54.6 Å². The van der Waals surface area contributed by atoms with Gasteiger partial charge < -0.3 is 19.5 Å². The van der Waals surface area contributed by atoms with E-state index in [2.05, 4.69) is 5.32 Å². The van der Waals surface area contributed by atoms with E-state index in [-0.39, 0.29) is 26.0 Å². The van der Waals surface area contributed by atoms with Crippen molar-refractivity contribution in [3.05, 3.63) is 100 Å². The number of nitrogens with one attached hydrogen (secondary N) is 1. The van der Waals surface area contributed by atoms with Gasteiger partial charge in [-0.1, -0.05) is 72.3 Å². The van der Waals surface area contributed by atoms with Crippen LogP contribution in [0.25, 0.3) is 0 Å². The molecule has 4 rings (SSSR count). The van der Waals surface area contributed by atoms with Crippen molar-refractivity contribution in [1.29, 1.82) is 0 Å². The summed E-state index contributed by atoms with van der Waals surface area (Å²) in [5.41, 5.74) is 3.43. The molecule has 0 aromatic heterocycles. The zero-order chi connectivity index (χ0) is 27.1. The summed E-state index contributed by atoms with van der Waals surface area (Å²) in [7, 11) is 2.77. The van der Waals surface area contributed by atoms with Gasteiger partial charge in [-0.2, -0.15) is 0 Å². The number of hydrogen-bond donors (Lipinski definition) is 1. The average molecular weight is 537 g/mol. The molecule has 1 aliphatic rings. The van der Waals surface area contributed by atoms with E-state index in [9.17, 15) is 14.4 Å². The highest BCUT2D eigenvalue weighted by Gasteiger charge is 2.37. The fourth-order valence-corrected chi connectivity index (χ4v) is 4.71. The van der Waals surface area contributed by atoms with Crippen molar-refractivity contribution in [2.45, 2.75) is 38.1 Å². The van der Waals surface area contributed by atoms with Gasteiger partial charge in [0.05, 0.1) is 25.8 Å². The van der Waals surface area contributed by atoms with Gasteiger partial charge >= 0.3 is 12.1 Å². The van der Waals surface area contributed by atoms with E-state index in [4.69, 9.17) is 25.8 Å². The third-order valence-corrected chi connectivity index (χ3v) is 6.74. The van der Waals surface area contributed by atoms with Crippen LogP contribution in [0.15, 0.2) is 72.8 Å².